The Morgan fingerprint density at radius 2 is 1.78 bits per heavy atom. The summed E-state index contributed by atoms with van der Waals surface area (Å²) in [6.07, 6.45) is 0.939. The molecule has 0 fully saturated rings. The van der Waals surface area contributed by atoms with Crippen LogP contribution in [-0.4, -0.2) is 46.6 Å². The zero-order chi connectivity index (χ0) is 14.3. The molecule has 0 bridgehead atoms. The van der Waals surface area contributed by atoms with Gasteiger partial charge in [-0.05, 0) is 34.1 Å². The van der Waals surface area contributed by atoms with Gasteiger partial charge in [-0.25, -0.2) is 0 Å². The Morgan fingerprint density at radius 3 is 2.17 bits per heavy atom. The molecule has 2 N–H and O–H groups in total. The van der Waals surface area contributed by atoms with Crippen LogP contribution in [-0.2, 0) is 9.59 Å². The van der Waals surface area contributed by atoms with Gasteiger partial charge in [0.1, 0.15) is 0 Å². The van der Waals surface area contributed by atoms with Crippen molar-refractivity contribution in [2.45, 2.75) is 65.6 Å². The normalized spacial score (nSPS) is 14.6. The lowest BCUT2D eigenvalue weighted by atomic mass is 10.1. The molecule has 106 valence electrons. The van der Waals surface area contributed by atoms with E-state index in [1.807, 2.05) is 39.5 Å². The summed E-state index contributed by atoms with van der Waals surface area (Å²) in [5.74, 6) is -0.876. The van der Waals surface area contributed by atoms with E-state index < -0.39 is 5.97 Å². The molecule has 0 rings (SSSR count). The second-order valence-electron chi connectivity index (χ2n) is 4.97. The first kappa shape index (κ1) is 16.9. The fourth-order valence-electron chi connectivity index (χ4n) is 1.74. The van der Waals surface area contributed by atoms with Gasteiger partial charge in [-0.2, -0.15) is 0 Å². The predicted molar refractivity (Wildman–Crippen MR) is 71.5 cm³/mol. The molecule has 0 aromatic carbocycles. The topological polar surface area (TPSA) is 69.6 Å². The molecule has 0 radical (unpaired) electrons. The van der Waals surface area contributed by atoms with Crippen molar-refractivity contribution in [3.05, 3.63) is 0 Å². The molecule has 0 aromatic rings. The van der Waals surface area contributed by atoms with Crippen LogP contribution in [0, 0.1) is 0 Å². The van der Waals surface area contributed by atoms with Crippen molar-refractivity contribution in [2.24, 2.45) is 0 Å². The van der Waals surface area contributed by atoms with Crippen LogP contribution in [0.1, 0.15) is 47.5 Å². The Morgan fingerprint density at radius 1 is 1.22 bits per heavy atom. The molecule has 0 aromatic heterocycles. The number of amides is 1. The van der Waals surface area contributed by atoms with Gasteiger partial charge in [-0.3, -0.25) is 14.5 Å². The highest BCUT2D eigenvalue weighted by Crippen LogP contribution is 2.07. The Labute approximate surface area is 110 Å². The second kappa shape index (κ2) is 8.08. The van der Waals surface area contributed by atoms with Gasteiger partial charge >= 0.3 is 5.97 Å². The monoisotopic (exact) mass is 258 g/mol. The van der Waals surface area contributed by atoms with Crippen molar-refractivity contribution in [1.82, 2.24) is 10.2 Å². The number of aliphatic carboxylic acids is 1. The van der Waals surface area contributed by atoms with Crippen LogP contribution >= 0.6 is 0 Å². The molecule has 1 amide bonds. The molecular formula is C13H26N2O3. The van der Waals surface area contributed by atoms with Crippen LogP contribution in [0.15, 0.2) is 0 Å². The molecular weight excluding hydrogens is 232 g/mol. The maximum Gasteiger partial charge on any atom is 0.304 e. The van der Waals surface area contributed by atoms with Gasteiger partial charge in [-0.1, -0.05) is 6.92 Å². The Balaban J connectivity index is 4.50. The third-order valence-electron chi connectivity index (χ3n) is 3.13. The zero-order valence-electron chi connectivity index (χ0n) is 12.1. The Hall–Kier alpha value is -1.10. The number of carbonyl (C=O) groups excluding carboxylic acids is 1. The number of hydrogen-bond acceptors (Lipinski definition) is 3. The second-order valence-corrected chi connectivity index (χ2v) is 4.97. The zero-order valence-corrected chi connectivity index (χ0v) is 12.1. The third kappa shape index (κ3) is 6.00. The van der Waals surface area contributed by atoms with E-state index in [0.29, 0.717) is 6.54 Å². The minimum absolute atomic E-state index is 0.0385. The summed E-state index contributed by atoms with van der Waals surface area (Å²) in [5, 5.41) is 11.6. The smallest absolute Gasteiger partial charge is 0.304 e. The summed E-state index contributed by atoms with van der Waals surface area (Å²) in [5.41, 5.74) is 0. The molecule has 0 aliphatic carbocycles. The minimum Gasteiger partial charge on any atom is -0.481 e. The van der Waals surface area contributed by atoms with Crippen molar-refractivity contribution in [3.8, 4) is 0 Å². The molecule has 0 aliphatic rings. The summed E-state index contributed by atoms with van der Waals surface area (Å²) in [4.78, 5) is 24.5. The molecule has 5 nitrogen and oxygen atoms in total. The van der Waals surface area contributed by atoms with Crippen LogP contribution in [0.2, 0.25) is 0 Å². The quantitative estimate of drug-likeness (QED) is 0.692. The van der Waals surface area contributed by atoms with Crippen LogP contribution in [0.25, 0.3) is 0 Å². The average molecular weight is 258 g/mol. The van der Waals surface area contributed by atoms with Crippen LogP contribution < -0.4 is 5.32 Å². The van der Waals surface area contributed by atoms with Gasteiger partial charge in [0.15, 0.2) is 0 Å². The van der Waals surface area contributed by atoms with Crippen molar-refractivity contribution in [2.75, 3.05) is 6.54 Å². The largest absolute Gasteiger partial charge is 0.481 e. The lowest BCUT2D eigenvalue weighted by molar-refractivity contribution is -0.138. The van der Waals surface area contributed by atoms with E-state index in [9.17, 15) is 9.59 Å². The number of hydrogen-bond donors (Lipinski definition) is 2. The Bertz CT molecular complexity index is 279. The van der Waals surface area contributed by atoms with E-state index in [0.717, 1.165) is 6.42 Å². The van der Waals surface area contributed by atoms with E-state index in [2.05, 4.69) is 5.32 Å². The minimum atomic E-state index is -0.838. The van der Waals surface area contributed by atoms with E-state index in [-0.39, 0.29) is 30.5 Å². The van der Waals surface area contributed by atoms with Gasteiger partial charge in [0.05, 0.1) is 12.5 Å². The first-order valence-electron chi connectivity index (χ1n) is 6.57. The molecule has 0 saturated heterocycles. The van der Waals surface area contributed by atoms with Crippen molar-refractivity contribution in [1.29, 1.82) is 0 Å². The van der Waals surface area contributed by atoms with Crippen molar-refractivity contribution in [3.63, 3.8) is 0 Å². The van der Waals surface area contributed by atoms with Crippen molar-refractivity contribution < 1.29 is 14.7 Å². The number of rotatable bonds is 8. The van der Waals surface area contributed by atoms with E-state index in [1.54, 1.807) is 0 Å². The summed E-state index contributed by atoms with van der Waals surface area (Å²) in [6, 6.07) is -0.0196. The fraction of sp³-hybridized carbons (Fsp3) is 0.846. The number of carboxylic acid groups (broad SMARTS) is 1. The van der Waals surface area contributed by atoms with Crippen molar-refractivity contribution >= 4 is 11.9 Å². The maximum absolute atomic E-state index is 12.0. The average Bonchev–Trinajstić information content (AvgIpc) is 2.27. The number of carbonyl (C=O) groups is 2. The number of nitrogens with zero attached hydrogens (tertiary/aromatic N) is 1. The van der Waals surface area contributed by atoms with E-state index >= 15 is 0 Å². The summed E-state index contributed by atoms with van der Waals surface area (Å²) in [7, 11) is 0. The lowest BCUT2D eigenvalue weighted by Crippen LogP contribution is -2.50. The highest BCUT2D eigenvalue weighted by molar-refractivity contribution is 5.81. The van der Waals surface area contributed by atoms with E-state index in [4.69, 9.17) is 5.11 Å². The molecule has 5 heteroatoms. The number of nitrogens with one attached hydrogen (secondary N) is 1. The first-order valence-corrected chi connectivity index (χ1v) is 6.57. The summed E-state index contributed by atoms with van der Waals surface area (Å²) in [6.45, 7) is 10.1. The standard InChI is InChI=1S/C13H26N2O3/c1-6-10(4)14-13(18)11(5)15(9(2)3)8-7-12(16)17/h9-11H,6-8H2,1-5H3,(H,14,18)(H,16,17). The summed E-state index contributed by atoms with van der Waals surface area (Å²) >= 11 is 0. The molecule has 0 spiro atoms. The van der Waals surface area contributed by atoms with Gasteiger partial charge in [0.2, 0.25) is 5.91 Å². The van der Waals surface area contributed by atoms with Gasteiger partial charge < -0.3 is 10.4 Å². The molecule has 2 unspecified atom stereocenters. The predicted octanol–water partition coefficient (Wildman–Crippen LogP) is 1.47. The van der Waals surface area contributed by atoms with Gasteiger partial charge in [0.25, 0.3) is 0 Å². The van der Waals surface area contributed by atoms with Gasteiger partial charge in [0, 0.05) is 18.6 Å². The molecule has 18 heavy (non-hydrogen) atoms. The lowest BCUT2D eigenvalue weighted by Gasteiger charge is -2.32. The molecule has 0 aliphatic heterocycles. The van der Waals surface area contributed by atoms with E-state index in [1.165, 1.54) is 0 Å². The van der Waals surface area contributed by atoms with Gasteiger partial charge in [-0.15, -0.1) is 0 Å². The first-order chi connectivity index (χ1) is 8.29. The maximum atomic E-state index is 12.0. The molecule has 0 heterocycles. The number of carboxylic acids is 1. The van der Waals surface area contributed by atoms with Crippen LogP contribution in [0.3, 0.4) is 0 Å². The highest BCUT2D eigenvalue weighted by atomic mass is 16.4. The third-order valence-corrected chi connectivity index (χ3v) is 3.13. The SMILES string of the molecule is CCC(C)NC(=O)C(C)N(CCC(=O)O)C(C)C. The van der Waals surface area contributed by atoms with Crippen LogP contribution in [0.4, 0.5) is 0 Å². The molecule has 2 atom stereocenters. The van der Waals surface area contributed by atoms with Crippen LogP contribution in [0.5, 0.6) is 0 Å². The Kier molecular flexibility index (Phi) is 7.59. The fourth-order valence-corrected chi connectivity index (χ4v) is 1.74. The molecule has 0 saturated carbocycles. The summed E-state index contributed by atoms with van der Waals surface area (Å²) < 4.78 is 0. The highest BCUT2D eigenvalue weighted by Gasteiger charge is 2.24.